The van der Waals surface area contributed by atoms with Crippen LogP contribution in [-0.4, -0.2) is 9.97 Å². The van der Waals surface area contributed by atoms with Gasteiger partial charge in [0.15, 0.2) is 0 Å². The zero-order valence-electron chi connectivity index (χ0n) is 10.4. The third-order valence-corrected chi connectivity index (χ3v) is 4.31. The number of fused-ring (bicyclic) bond motifs is 1. The van der Waals surface area contributed by atoms with Gasteiger partial charge in [-0.3, -0.25) is 9.78 Å². The van der Waals surface area contributed by atoms with Gasteiger partial charge in [0.25, 0.3) is 5.56 Å². The summed E-state index contributed by atoms with van der Waals surface area (Å²) in [5.41, 5.74) is 7.64. The minimum Gasteiger partial charge on any atom is -0.369 e. The van der Waals surface area contributed by atoms with Crippen molar-refractivity contribution >= 4 is 27.5 Å². The third kappa shape index (κ3) is 2.13. The average Bonchev–Trinajstić information content (AvgIpc) is 2.67. The molecule has 0 amide bonds. The Labute approximate surface area is 113 Å². The molecule has 3 rings (SSSR count). The first kappa shape index (κ1) is 11.9. The van der Waals surface area contributed by atoms with Gasteiger partial charge in [-0.05, 0) is 18.1 Å². The van der Waals surface area contributed by atoms with Crippen LogP contribution in [-0.2, 0) is 6.42 Å². The molecular weight excluding hydrogens is 258 g/mol. The fourth-order valence-electron chi connectivity index (χ4n) is 2.16. The van der Waals surface area contributed by atoms with Gasteiger partial charge < -0.3 is 5.73 Å². The molecule has 4 nitrogen and oxygen atoms in total. The molecule has 0 bridgehead atoms. The molecule has 96 valence electrons. The number of thiophene rings is 1. The van der Waals surface area contributed by atoms with Gasteiger partial charge in [0.05, 0.1) is 5.39 Å². The van der Waals surface area contributed by atoms with E-state index in [4.69, 9.17) is 5.73 Å². The van der Waals surface area contributed by atoms with Crippen LogP contribution in [0.25, 0.3) is 10.2 Å². The average molecular weight is 271 g/mol. The number of rotatable bonds is 2. The highest BCUT2D eigenvalue weighted by Gasteiger charge is 2.13. The van der Waals surface area contributed by atoms with E-state index in [1.54, 1.807) is 0 Å². The van der Waals surface area contributed by atoms with E-state index in [0.717, 1.165) is 16.9 Å². The van der Waals surface area contributed by atoms with Crippen LogP contribution in [0.3, 0.4) is 0 Å². The van der Waals surface area contributed by atoms with Gasteiger partial charge in [-0.15, -0.1) is 11.3 Å². The highest BCUT2D eigenvalue weighted by molar-refractivity contribution is 7.18. The largest absolute Gasteiger partial charge is 0.369 e. The van der Waals surface area contributed by atoms with Crippen molar-refractivity contribution in [2.45, 2.75) is 13.3 Å². The Hall–Kier alpha value is -2.14. The highest BCUT2D eigenvalue weighted by atomic mass is 32.1. The molecule has 0 unspecified atom stereocenters. The second kappa shape index (κ2) is 4.51. The normalized spacial score (nSPS) is 11.0. The molecule has 2 heterocycles. The van der Waals surface area contributed by atoms with Crippen LogP contribution in [0.1, 0.15) is 16.0 Å². The molecule has 0 fully saturated rings. The number of nitrogens with two attached hydrogens (primary N) is 1. The lowest BCUT2D eigenvalue weighted by Gasteiger charge is -1.99. The van der Waals surface area contributed by atoms with E-state index >= 15 is 0 Å². The summed E-state index contributed by atoms with van der Waals surface area (Å²) >= 11 is 1.54. The van der Waals surface area contributed by atoms with Gasteiger partial charge in [-0.25, -0.2) is 4.98 Å². The van der Waals surface area contributed by atoms with Gasteiger partial charge >= 0.3 is 0 Å². The monoisotopic (exact) mass is 271 g/mol. The van der Waals surface area contributed by atoms with Gasteiger partial charge in [0.1, 0.15) is 4.83 Å². The van der Waals surface area contributed by atoms with Crippen molar-refractivity contribution in [3.63, 3.8) is 0 Å². The summed E-state index contributed by atoms with van der Waals surface area (Å²) in [6.45, 7) is 1.96. The van der Waals surface area contributed by atoms with Crippen LogP contribution < -0.4 is 11.3 Å². The van der Waals surface area contributed by atoms with Crippen LogP contribution in [0.15, 0.2) is 35.1 Å². The van der Waals surface area contributed by atoms with E-state index in [1.165, 1.54) is 16.9 Å². The number of benzene rings is 1. The Morgan fingerprint density at radius 2 is 2.05 bits per heavy atom. The zero-order valence-corrected chi connectivity index (χ0v) is 11.3. The molecule has 0 atom stereocenters. The van der Waals surface area contributed by atoms with Crippen molar-refractivity contribution in [2.75, 3.05) is 5.73 Å². The summed E-state index contributed by atoms with van der Waals surface area (Å²) in [5, 5.41) is 0.658. The van der Waals surface area contributed by atoms with Gasteiger partial charge in [-0.1, -0.05) is 30.3 Å². The molecule has 3 N–H and O–H groups in total. The van der Waals surface area contributed by atoms with Gasteiger partial charge in [0.2, 0.25) is 5.95 Å². The topological polar surface area (TPSA) is 71.8 Å². The molecule has 0 saturated heterocycles. The number of aromatic nitrogens is 2. The standard InChI is InChI=1S/C14H13N3OS/c1-8-10(7-9-5-3-2-4-6-9)19-13-11(8)12(18)16-14(15)17-13/h2-6H,7H2,1H3,(H3,15,16,17,18). The summed E-state index contributed by atoms with van der Waals surface area (Å²) in [5.74, 6) is 0.171. The number of aromatic amines is 1. The minimum atomic E-state index is -0.157. The van der Waals surface area contributed by atoms with Crippen molar-refractivity contribution < 1.29 is 0 Å². The van der Waals surface area contributed by atoms with E-state index in [9.17, 15) is 4.79 Å². The predicted molar refractivity (Wildman–Crippen MR) is 78.6 cm³/mol. The van der Waals surface area contributed by atoms with Crippen LogP contribution in [0, 0.1) is 6.92 Å². The summed E-state index contributed by atoms with van der Waals surface area (Å²) in [6.07, 6.45) is 0.813. The van der Waals surface area contributed by atoms with Crippen LogP contribution >= 0.6 is 11.3 Å². The minimum absolute atomic E-state index is 0.157. The third-order valence-electron chi connectivity index (χ3n) is 3.13. The first-order chi connectivity index (χ1) is 9.15. The molecule has 0 aliphatic rings. The first-order valence-electron chi connectivity index (χ1n) is 5.97. The van der Waals surface area contributed by atoms with Crippen molar-refractivity contribution in [1.29, 1.82) is 0 Å². The smallest absolute Gasteiger partial charge is 0.261 e. The van der Waals surface area contributed by atoms with Crippen LogP contribution in [0.4, 0.5) is 5.95 Å². The van der Waals surface area contributed by atoms with E-state index in [2.05, 4.69) is 22.1 Å². The predicted octanol–water partition coefficient (Wildman–Crippen LogP) is 2.47. The Morgan fingerprint density at radius 1 is 1.32 bits per heavy atom. The Kier molecular flexibility index (Phi) is 2.83. The molecule has 5 heteroatoms. The maximum atomic E-state index is 11.9. The Morgan fingerprint density at radius 3 is 2.79 bits per heavy atom. The second-order valence-electron chi connectivity index (χ2n) is 4.44. The summed E-state index contributed by atoms with van der Waals surface area (Å²) in [7, 11) is 0. The lowest BCUT2D eigenvalue weighted by atomic mass is 10.1. The SMILES string of the molecule is Cc1c(Cc2ccccc2)sc2nc(N)[nH]c(=O)c12. The fraction of sp³-hybridized carbons (Fsp3) is 0.143. The number of nitrogen functional groups attached to an aromatic ring is 1. The molecule has 2 aromatic heterocycles. The quantitative estimate of drug-likeness (QED) is 0.752. The molecule has 0 spiro atoms. The Balaban J connectivity index is 2.13. The molecule has 0 aliphatic heterocycles. The first-order valence-corrected chi connectivity index (χ1v) is 6.78. The fourth-order valence-corrected chi connectivity index (χ4v) is 3.38. The Bertz CT molecular complexity index is 790. The molecular formula is C14H13N3OS. The lowest BCUT2D eigenvalue weighted by Crippen LogP contribution is -2.10. The van der Waals surface area contributed by atoms with Crippen molar-refractivity contribution in [1.82, 2.24) is 9.97 Å². The van der Waals surface area contributed by atoms with Crippen molar-refractivity contribution in [3.8, 4) is 0 Å². The maximum Gasteiger partial charge on any atom is 0.261 e. The molecule has 3 aromatic rings. The number of hydrogen-bond donors (Lipinski definition) is 2. The molecule has 0 radical (unpaired) electrons. The van der Waals surface area contributed by atoms with Crippen LogP contribution in [0.2, 0.25) is 0 Å². The second-order valence-corrected chi connectivity index (χ2v) is 5.53. The van der Waals surface area contributed by atoms with E-state index in [1.807, 2.05) is 25.1 Å². The van der Waals surface area contributed by atoms with Crippen LogP contribution in [0.5, 0.6) is 0 Å². The number of nitrogens with one attached hydrogen (secondary N) is 1. The summed E-state index contributed by atoms with van der Waals surface area (Å²) in [4.78, 5) is 20.5. The number of H-pyrrole nitrogens is 1. The number of hydrogen-bond acceptors (Lipinski definition) is 4. The van der Waals surface area contributed by atoms with E-state index in [-0.39, 0.29) is 11.5 Å². The maximum absolute atomic E-state index is 11.9. The summed E-state index contributed by atoms with van der Waals surface area (Å²) < 4.78 is 0. The van der Waals surface area contributed by atoms with E-state index in [0.29, 0.717) is 10.2 Å². The molecule has 19 heavy (non-hydrogen) atoms. The van der Waals surface area contributed by atoms with Crippen molar-refractivity contribution in [2.24, 2.45) is 0 Å². The lowest BCUT2D eigenvalue weighted by molar-refractivity contribution is 1.18. The van der Waals surface area contributed by atoms with Gasteiger partial charge in [-0.2, -0.15) is 0 Å². The summed E-state index contributed by atoms with van der Waals surface area (Å²) in [6, 6.07) is 10.2. The van der Waals surface area contributed by atoms with E-state index < -0.39 is 0 Å². The highest BCUT2D eigenvalue weighted by Crippen LogP contribution is 2.29. The number of anilines is 1. The van der Waals surface area contributed by atoms with Crippen molar-refractivity contribution in [3.05, 3.63) is 56.7 Å². The number of aryl methyl sites for hydroxylation is 1. The molecule has 1 aromatic carbocycles. The van der Waals surface area contributed by atoms with Gasteiger partial charge in [0, 0.05) is 11.3 Å². The molecule has 0 aliphatic carbocycles. The number of nitrogens with zero attached hydrogens (tertiary/aromatic N) is 1. The zero-order chi connectivity index (χ0) is 13.4. The molecule has 0 saturated carbocycles.